The summed E-state index contributed by atoms with van der Waals surface area (Å²) in [5.41, 5.74) is -0.968. The molecular formula is C20H33NO. The van der Waals surface area contributed by atoms with Gasteiger partial charge in [0.2, 0.25) is 0 Å². The Kier molecular flexibility index (Phi) is 2.59. The zero-order valence-corrected chi connectivity index (χ0v) is 14.8. The molecule has 1 aromatic carbocycles. The number of nitrogens with zero attached hydrogens (tertiary/aromatic N) is 1. The Bertz CT molecular complexity index is 780. The topological polar surface area (TPSA) is 12.5 Å². The molecule has 2 rings (SSSR count). The minimum Gasteiger partial charge on any atom is -0.367 e. The fourth-order valence-electron chi connectivity index (χ4n) is 3.00. The summed E-state index contributed by atoms with van der Waals surface area (Å²) < 4.78 is 64.0. The predicted octanol–water partition coefficient (Wildman–Crippen LogP) is 4.68. The second kappa shape index (κ2) is 5.65. The summed E-state index contributed by atoms with van der Waals surface area (Å²) in [5.74, 6) is 0. The fraction of sp³-hybridized carbons (Fsp3) is 0.700. The molecule has 0 aliphatic carbocycles. The minimum atomic E-state index is -2.79. The van der Waals surface area contributed by atoms with Crippen LogP contribution in [0.25, 0.3) is 0 Å². The van der Waals surface area contributed by atoms with Crippen LogP contribution < -0.4 is 0 Å². The lowest BCUT2D eigenvalue weighted by Gasteiger charge is -2.47. The lowest BCUT2D eigenvalue weighted by Crippen LogP contribution is -2.56. The molecule has 0 amide bonds. The van der Waals surface area contributed by atoms with Crippen LogP contribution in [-0.4, -0.2) is 29.1 Å². The summed E-state index contributed by atoms with van der Waals surface area (Å²) in [4.78, 5) is 1.01. The van der Waals surface area contributed by atoms with Gasteiger partial charge in [-0.3, -0.25) is 4.90 Å². The number of aryl methyl sites for hydroxylation is 1. The molecule has 0 saturated carbocycles. The first kappa shape index (κ1) is 10.1. The van der Waals surface area contributed by atoms with Gasteiger partial charge in [0.25, 0.3) is 0 Å². The highest BCUT2D eigenvalue weighted by Gasteiger charge is 2.37. The van der Waals surface area contributed by atoms with Crippen molar-refractivity contribution in [2.75, 3.05) is 13.0 Å². The molecule has 1 heterocycles. The summed E-state index contributed by atoms with van der Waals surface area (Å²) in [6, 6.07) is 5.73. The van der Waals surface area contributed by atoms with Crippen LogP contribution in [0.2, 0.25) is 0 Å². The van der Waals surface area contributed by atoms with Gasteiger partial charge < -0.3 is 4.74 Å². The van der Waals surface area contributed by atoms with E-state index in [1.54, 1.807) is 0 Å². The van der Waals surface area contributed by atoms with E-state index in [1.807, 2.05) is 25.1 Å². The Hall–Kier alpha value is -0.860. The zero-order valence-electron chi connectivity index (χ0n) is 21.8. The third kappa shape index (κ3) is 4.33. The molecule has 1 aliphatic heterocycles. The lowest BCUT2D eigenvalue weighted by molar-refractivity contribution is -0.182. The van der Waals surface area contributed by atoms with Gasteiger partial charge in [0.1, 0.15) is 0 Å². The monoisotopic (exact) mass is 310 g/mol. The average molecular weight is 311 g/mol. The van der Waals surface area contributed by atoms with E-state index in [-0.39, 0.29) is 12.0 Å². The van der Waals surface area contributed by atoms with E-state index in [4.69, 9.17) is 14.3 Å². The highest BCUT2D eigenvalue weighted by Crippen LogP contribution is 2.30. The molecule has 0 radical (unpaired) electrons. The Morgan fingerprint density at radius 2 is 1.86 bits per heavy atom. The maximum absolute atomic E-state index is 8.66. The van der Waals surface area contributed by atoms with Gasteiger partial charge in [-0.2, -0.15) is 0 Å². The summed E-state index contributed by atoms with van der Waals surface area (Å²) in [6.07, 6.45) is 0. The van der Waals surface area contributed by atoms with Crippen molar-refractivity contribution in [3.05, 3.63) is 34.9 Å². The van der Waals surface area contributed by atoms with Crippen molar-refractivity contribution in [3.63, 3.8) is 0 Å². The van der Waals surface area contributed by atoms with Crippen molar-refractivity contribution in [2.45, 2.75) is 78.5 Å². The third-order valence-corrected chi connectivity index (χ3v) is 3.66. The molecule has 0 spiro atoms. The summed E-state index contributed by atoms with van der Waals surface area (Å²) in [6.45, 7) is 4.71. The van der Waals surface area contributed by atoms with Crippen molar-refractivity contribution in [1.82, 2.24) is 4.90 Å². The van der Waals surface area contributed by atoms with Crippen LogP contribution in [0.3, 0.4) is 0 Å². The summed E-state index contributed by atoms with van der Waals surface area (Å²) >= 11 is 0. The van der Waals surface area contributed by atoms with Crippen LogP contribution in [0.5, 0.6) is 0 Å². The SMILES string of the molecule is [2H]C([2H])([2H])C1(C)OC(C)(C)C([2H])([2H])N(Cc2ccc(C)c(C(C)(C)C)c2)C1([2H])[2H]. The van der Waals surface area contributed by atoms with Gasteiger partial charge in [0.15, 0.2) is 0 Å². The summed E-state index contributed by atoms with van der Waals surface area (Å²) in [7, 11) is 0. The van der Waals surface area contributed by atoms with E-state index in [0.717, 1.165) is 21.6 Å². The van der Waals surface area contributed by atoms with E-state index >= 15 is 0 Å². The zero-order chi connectivity index (χ0) is 22.8. The molecule has 0 bridgehead atoms. The number of hydrogen-bond donors (Lipinski definition) is 0. The molecule has 124 valence electrons. The Labute approximate surface area is 146 Å². The third-order valence-electron chi connectivity index (χ3n) is 3.66. The molecule has 1 fully saturated rings. The molecule has 2 nitrogen and oxygen atoms in total. The number of rotatable bonds is 2. The van der Waals surface area contributed by atoms with E-state index in [9.17, 15) is 0 Å². The van der Waals surface area contributed by atoms with Crippen molar-refractivity contribution >= 4 is 0 Å². The first-order valence-electron chi connectivity index (χ1n) is 11.3. The Morgan fingerprint density at radius 3 is 2.45 bits per heavy atom. The quantitative estimate of drug-likeness (QED) is 0.786. The highest BCUT2D eigenvalue weighted by molar-refractivity contribution is 5.35. The molecule has 0 N–H and O–H groups in total. The maximum atomic E-state index is 8.66. The first-order valence-corrected chi connectivity index (χ1v) is 7.76. The second-order valence-electron chi connectivity index (χ2n) is 7.85. The molecule has 0 aromatic heterocycles. The first-order chi connectivity index (χ1) is 12.7. The van der Waals surface area contributed by atoms with Gasteiger partial charge in [0.05, 0.1) is 11.2 Å². The molecule has 1 saturated heterocycles. The minimum absolute atomic E-state index is 0.0815. The predicted molar refractivity (Wildman–Crippen MR) is 94.4 cm³/mol. The molecular weight excluding hydrogens is 270 g/mol. The van der Waals surface area contributed by atoms with E-state index in [2.05, 4.69) is 20.8 Å². The van der Waals surface area contributed by atoms with E-state index < -0.39 is 31.0 Å². The van der Waals surface area contributed by atoms with E-state index in [1.165, 1.54) is 20.8 Å². The van der Waals surface area contributed by atoms with Gasteiger partial charge in [0, 0.05) is 29.1 Å². The molecule has 1 aromatic rings. The molecule has 22 heavy (non-hydrogen) atoms. The number of morpholine rings is 1. The fourth-order valence-corrected chi connectivity index (χ4v) is 3.00. The lowest BCUT2D eigenvalue weighted by atomic mass is 9.83. The summed E-state index contributed by atoms with van der Waals surface area (Å²) in [5, 5.41) is 0. The average Bonchev–Trinajstić information content (AvgIpc) is 2.49. The highest BCUT2D eigenvalue weighted by atomic mass is 16.5. The molecule has 1 aliphatic rings. The maximum Gasteiger partial charge on any atom is 0.0760 e. The van der Waals surface area contributed by atoms with Crippen LogP contribution in [0, 0.1) is 6.92 Å². The van der Waals surface area contributed by atoms with Crippen molar-refractivity contribution < 1.29 is 14.3 Å². The second-order valence-corrected chi connectivity index (χ2v) is 7.85. The number of hydrogen-bond acceptors (Lipinski definition) is 2. The number of ether oxygens (including phenoxy) is 1. The standard InChI is InChI=1S/C20H33NO/c1-15-9-10-16(11-17(15)18(2,3)4)12-21-13-19(5,6)22-20(7,8)14-21/h9-11H,12-14H2,1-8H3/i5D3,13D2,14D2. The van der Waals surface area contributed by atoms with Crippen LogP contribution in [0.15, 0.2) is 18.2 Å². The van der Waals surface area contributed by atoms with Crippen molar-refractivity contribution in [1.29, 1.82) is 0 Å². The van der Waals surface area contributed by atoms with Crippen molar-refractivity contribution in [2.24, 2.45) is 0 Å². The van der Waals surface area contributed by atoms with Gasteiger partial charge in [-0.25, -0.2) is 0 Å². The van der Waals surface area contributed by atoms with Gasteiger partial charge >= 0.3 is 0 Å². The van der Waals surface area contributed by atoms with E-state index in [0.29, 0.717) is 0 Å². The number of benzene rings is 1. The van der Waals surface area contributed by atoms with Crippen LogP contribution in [0.1, 0.15) is 74.7 Å². The van der Waals surface area contributed by atoms with Crippen LogP contribution in [-0.2, 0) is 16.7 Å². The van der Waals surface area contributed by atoms with Crippen molar-refractivity contribution in [3.8, 4) is 0 Å². The van der Waals surface area contributed by atoms with Gasteiger partial charge in [-0.05, 0) is 56.7 Å². The van der Waals surface area contributed by atoms with Crippen LogP contribution in [0.4, 0.5) is 0 Å². The largest absolute Gasteiger partial charge is 0.367 e. The Balaban J connectivity index is 2.62. The molecule has 1 unspecified atom stereocenters. The van der Waals surface area contributed by atoms with Crippen LogP contribution >= 0.6 is 0 Å². The van der Waals surface area contributed by atoms with Gasteiger partial charge in [-0.1, -0.05) is 39.0 Å². The smallest absolute Gasteiger partial charge is 0.0760 e. The molecule has 2 heteroatoms. The normalized spacial score (nSPS) is 36.0. The molecule has 1 atom stereocenters. The van der Waals surface area contributed by atoms with Gasteiger partial charge in [-0.15, -0.1) is 0 Å². The Morgan fingerprint density at radius 1 is 1.23 bits per heavy atom.